The number of hydrogen-bond acceptors (Lipinski definition) is 1. The average molecular weight is 581 g/mol. The van der Waals surface area contributed by atoms with E-state index in [9.17, 15) is 0 Å². The summed E-state index contributed by atoms with van der Waals surface area (Å²) in [6.07, 6.45) is 0. The first-order chi connectivity index (χ1) is 12.6. The maximum Gasteiger partial charge on any atom is 0.0809 e. The Balaban J connectivity index is 2.40. The van der Waals surface area contributed by atoms with E-state index in [1.807, 2.05) is 0 Å². The first-order valence-electron chi connectivity index (χ1n) is 6.69. The Morgan fingerprint density at radius 2 is 0.593 bits per heavy atom. The zero-order chi connectivity index (χ0) is 20.2. The lowest BCUT2D eigenvalue weighted by Gasteiger charge is -2.16. The predicted molar refractivity (Wildman–Crippen MR) is 125 cm³/mol. The van der Waals surface area contributed by atoms with Gasteiger partial charge in [0.2, 0.25) is 0 Å². The van der Waals surface area contributed by atoms with Crippen molar-refractivity contribution in [2.75, 3.05) is 0 Å². The summed E-state index contributed by atoms with van der Waals surface area (Å²) in [4.78, 5) is 0. The minimum Gasteiger partial charge on any atom is -0.151 e. The summed E-state index contributed by atoms with van der Waals surface area (Å²) in [5.41, 5.74) is 1.91. The molecule has 0 aliphatic carbocycles. The molecule has 0 amide bonds. The molecular formula is C16H2Cl10S. The monoisotopic (exact) mass is 576 g/mol. The summed E-state index contributed by atoms with van der Waals surface area (Å²) in [5.74, 6) is 0. The zero-order valence-electron chi connectivity index (χ0n) is 12.3. The second-order valence-electron chi connectivity index (χ2n) is 5.09. The summed E-state index contributed by atoms with van der Waals surface area (Å²) >= 11 is 63.9. The quantitative estimate of drug-likeness (QED) is 0.209. The molecule has 0 aliphatic heterocycles. The van der Waals surface area contributed by atoms with E-state index in [4.69, 9.17) is 116 Å². The molecule has 0 bridgehead atoms. The van der Waals surface area contributed by atoms with Crippen LogP contribution in [-0.2, 0) is 0 Å². The van der Waals surface area contributed by atoms with Crippen molar-refractivity contribution in [3.05, 3.63) is 61.0 Å². The van der Waals surface area contributed by atoms with Gasteiger partial charge in [0.1, 0.15) is 0 Å². The van der Waals surface area contributed by atoms with Gasteiger partial charge in [0.15, 0.2) is 0 Å². The summed E-state index contributed by atoms with van der Waals surface area (Å²) in [6.45, 7) is 0. The van der Waals surface area contributed by atoms with E-state index in [2.05, 4.69) is 0 Å². The molecule has 0 atom stereocenters. The van der Waals surface area contributed by atoms with Gasteiger partial charge in [0.05, 0.1) is 50.2 Å². The lowest BCUT2D eigenvalue weighted by molar-refractivity contribution is 1.62. The number of hydrogen-bond donors (Lipinski definition) is 0. The highest BCUT2D eigenvalue weighted by Crippen LogP contribution is 2.54. The molecule has 0 unspecified atom stereocenters. The van der Waals surface area contributed by atoms with Crippen LogP contribution in [0.3, 0.4) is 0 Å². The Hall–Kier alpha value is 1.04. The van der Waals surface area contributed by atoms with Crippen molar-refractivity contribution in [1.29, 1.82) is 0 Å². The van der Waals surface area contributed by atoms with Crippen molar-refractivity contribution in [2.45, 2.75) is 0 Å². The third-order valence-electron chi connectivity index (χ3n) is 3.62. The fourth-order valence-corrected chi connectivity index (χ4v) is 5.88. The van der Waals surface area contributed by atoms with Gasteiger partial charge < -0.3 is 0 Å². The maximum absolute atomic E-state index is 6.40. The summed E-state index contributed by atoms with van der Waals surface area (Å²) in [5, 5.41) is 4.51. The van der Waals surface area contributed by atoms with Gasteiger partial charge in [-0.1, -0.05) is 116 Å². The van der Waals surface area contributed by atoms with Gasteiger partial charge in [-0.15, -0.1) is 0 Å². The van der Waals surface area contributed by atoms with Crippen molar-refractivity contribution in [3.8, 4) is 22.3 Å². The molecule has 142 valence electrons. The predicted octanol–water partition coefficient (Wildman–Crippen LogP) is 11.6. The second-order valence-corrected chi connectivity index (χ2v) is 9.61. The molecule has 27 heavy (non-hydrogen) atoms. The van der Waals surface area contributed by atoms with E-state index >= 15 is 0 Å². The van der Waals surface area contributed by atoms with Gasteiger partial charge in [0, 0.05) is 22.3 Å². The molecule has 1 aromatic heterocycles. The van der Waals surface area contributed by atoms with Crippen molar-refractivity contribution < 1.29 is 0 Å². The molecule has 0 radical (unpaired) electrons. The molecule has 11 heteroatoms. The van der Waals surface area contributed by atoms with Crippen LogP contribution in [0.4, 0.5) is 0 Å². The highest BCUT2D eigenvalue weighted by Gasteiger charge is 2.27. The molecule has 0 saturated carbocycles. The summed E-state index contributed by atoms with van der Waals surface area (Å²) < 4.78 is 0. The van der Waals surface area contributed by atoms with Crippen LogP contribution in [0.2, 0.25) is 50.2 Å². The molecule has 3 aromatic rings. The Bertz CT molecular complexity index is 944. The molecule has 0 fully saturated rings. The first kappa shape index (κ1) is 22.7. The molecule has 0 N–H and O–H groups in total. The SMILES string of the molecule is Clc1c(Cl)c(Cl)c(-c2cscc2-c2c(Cl)c(Cl)c(Cl)c(Cl)c2Cl)c(Cl)c1Cl. The maximum atomic E-state index is 6.40. The van der Waals surface area contributed by atoms with Crippen LogP contribution < -0.4 is 0 Å². The summed E-state index contributed by atoms with van der Waals surface area (Å²) in [7, 11) is 0. The van der Waals surface area contributed by atoms with Gasteiger partial charge >= 0.3 is 0 Å². The molecule has 0 aliphatic rings. The van der Waals surface area contributed by atoms with E-state index in [1.165, 1.54) is 11.3 Å². The molecule has 2 aromatic carbocycles. The van der Waals surface area contributed by atoms with Gasteiger partial charge in [-0.25, -0.2) is 0 Å². The Kier molecular flexibility index (Phi) is 7.28. The number of rotatable bonds is 2. The molecule has 3 rings (SSSR count). The van der Waals surface area contributed by atoms with Crippen LogP contribution in [-0.4, -0.2) is 0 Å². The largest absolute Gasteiger partial charge is 0.151 e. The van der Waals surface area contributed by atoms with Gasteiger partial charge in [-0.2, -0.15) is 11.3 Å². The van der Waals surface area contributed by atoms with Crippen LogP contribution in [0.15, 0.2) is 10.8 Å². The third-order valence-corrected chi connectivity index (χ3v) is 8.92. The van der Waals surface area contributed by atoms with Gasteiger partial charge in [-0.3, -0.25) is 0 Å². The molecule has 0 spiro atoms. The molecule has 0 saturated heterocycles. The minimum absolute atomic E-state index is 0.0579. The summed E-state index contributed by atoms with van der Waals surface area (Å²) in [6, 6.07) is 0. The van der Waals surface area contributed by atoms with Crippen LogP contribution >= 0.6 is 127 Å². The Morgan fingerprint density at radius 1 is 0.370 bits per heavy atom. The topological polar surface area (TPSA) is 0 Å². The van der Waals surface area contributed by atoms with Crippen LogP contribution in [0.1, 0.15) is 0 Å². The third kappa shape index (κ3) is 3.77. The van der Waals surface area contributed by atoms with E-state index in [0.29, 0.717) is 22.3 Å². The normalized spacial score (nSPS) is 11.3. The van der Waals surface area contributed by atoms with Crippen molar-refractivity contribution >= 4 is 127 Å². The highest BCUT2D eigenvalue weighted by atomic mass is 35.5. The van der Waals surface area contributed by atoms with Crippen molar-refractivity contribution in [1.82, 2.24) is 0 Å². The molecular weight excluding hydrogens is 579 g/mol. The fourth-order valence-electron chi connectivity index (χ4n) is 2.37. The van der Waals surface area contributed by atoms with Gasteiger partial charge in [-0.05, 0) is 10.8 Å². The van der Waals surface area contributed by atoms with Crippen LogP contribution in [0, 0.1) is 0 Å². The lowest BCUT2D eigenvalue weighted by atomic mass is 9.98. The highest BCUT2D eigenvalue weighted by molar-refractivity contribution is 7.08. The second kappa shape index (κ2) is 8.65. The van der Waals surface area contributed by atoms with E-state index in [-0.39, 0.29) is 50.2 Å². The van der Waals surface area contributed by atoms with Crippen LogP contribution in [0.5, 0.6) is 0 Å². The number of thiophene rings is 1. The smallest absolute Gasteiger partial charge is 0.0809 e. The first-order valence-corrected chi connectivity index (χ1v) is 11.4. The van der Waals surface area contributed by atoms with E-state index in [0.717, 1.165) is 0 Å². The Morgan fingerprint density at radius 3 is 0.852 bits per heavy atom. The number of halogens is 10. The Labute approximate surface area is 208 Å². The molecule has 1 heterocycles. The molecule has 0 nitrogen and oxygen atoms in total. The van der Waals surface area contributed by atoms with Crippen LogP contribution in [0.25, 0.3) is 22.3 Å². The van der Waals surface area contributed by atoms with E-state index in [1.54, 1.807) is 10.8 Å². The average Bonchev–Trinajstić information content (AvgIpc) is 3.10. The van der Waals surface area contributed by atoms with Crippen molar-refractivity contribution in [2.24, 2.45) is 0 Å². The zero-order valence-corrected chi connectivity index (χ0v) is 20.7. The van der Waals surface area contributed by atoms with Crippen molar-refractivity contribution in [3.63, 3.8) is 0 Å². The number of benzene rings is 2. The fraction of sp³-hybridized carbons (Fsp3) is 0. The van der Waals surface area contributed by atoms with E-state index < -0.39 is 0 Å². The minimum atomic E-state index is 0.0579. The lowest BCUT2D eigenvalue weighted by Crippen LogP contribution is -1.90. The van der Waals surface area contributed by atoms with Gasteiger partial charge in [0.25, 0.3) is 0 Å². The standard InChI is InChI=1S/C16H2Cl10S/c17-7-5(8(18)12(22)15(25)11(7)21)3-1-27-2-4(3)6-9(19)13(23)16(26)14(24)10(6)20/h1-2H.